The van der Waals surface area contributed by atoms with Gasteiger partial charge in [0.25, 0.3) is 0 Å². The lowest BCUT2D eigenvalue weighted by Gasteiger charge is -2.59. The van der Waals surface area contributed by atoms with E-state index in [0.717, 1.165) is 12.0 Å². The van der Waals surface area contributed by atoms with E-state index in [-0.39, 0.29) is 16.6 Å². The highest BCUT2D eigenvalue weighted by atomic mass is 16.5. The number of rotatable bonds is 1. The number of aliphatic hydroxyl groups excluding tert-OH is 1. The summed E-state index contributed by atoms with van der Waals surface area (Å²) < 4.78 is 5.84. The predicted octanol–water partition coefficient (Wildman–Crippen LogP) is 2.66. The van der Waals surface area contributed by atoms with Crippen LogP contribution in [0.4, 0.5) is 0 Å². The normalized spacial score (nSPS) is 50.0. The summed E-state index contributed by atoms with van der Waals surface area (Å²) >= 11 is 0. The lowest BCUT2D eigenvalue weighted by molar-refractivity contribution is -0.142. The maximum Gasteiger partial charge on any atom is 0.226 e. The van der Waals surface area contributed by atoms with Crippen molar-refractivity contribution in [2.45, 2.75) is 58.2 Å². The van der Waals surface area contributed by atoms with Crippen LogP contribution in [0.2, 0.25) is 0 Å². The average molecular weight is 330 g/mol. The Bertz CT molecular complexity index is 719. The number of aliphatic hydroxyl groups is 2. The van der Waals surface area contributed by atoms with Crippen molar-refractivity contribution in [1.82, 2.24) is 0 Å². The Morgan fingerprint density at radius 3 is 2.67 bits per heavy atom. The van der Waals surface area contributed by atoms with E-state index >= 15 is 0 Å². The first-order valence-electron chi connectivity index (χ1n) is 8.81. The Hall–Kier alpha value is -1.39. The van der Waals surface area contributed by atoms with Crippen LogP contribution in [0.3, 0.4) is 0 Å². The standard InChI is InChI=1S/C20H26O4/c1-5-17(2)8-9-20(23)12(10-17)14(22)15-16-18(3,11-24-15)7-6-13(21)19(16,20)4/h5,10,13,21,23H,1,6-9,11H2,2-4H3/t13-,17+,18+,19+,20-/m1/s1. The first-order chi connectivity index (χ1) is 11.1. The van der Waals surface area contributed by atoms with Crippen LogP contribution in [-0.4, -0.2) is 34.3 Å². The number of carbonyl (C=O) groups is 1. The second-order valence-electron chi connectivity index (χ2n) is 8.77. The third kappa shape index (κ3) is 1.59. The van der Waals surface area contributed by atoms with E-state index in [1.807, 2.05) is 26.0 Å². The highest BCUT2D eigenvalue weighted by molar-refractivity contribution is 6.11. The molecular formula is C20H26O4. The largest absolute Gasteiger partial charge is 0.489 e. The molecule has 0 saturated heterocycles. The second kappa shape index (κ2) is 4.41. The van der Waals surface area contributed by atoms with Crippen LogP contribution in [0.1, 0.15) is 46.5 Å². The Kier molecular flexibility index (Phi) is 2.96. The molecule has 0 aromatic rings. The van der Waals surface area contributed by atoms with E-state index in [2.05, 4.69) is 13.5 Å². The third-order valence-corrected chi connectivity index (χ3v) is 7.24. The van der Waals surface area contributed by atoms with E-state index in [4.69, 9.17) is 4.74 Å². The number of ether oxygens (including phenoxy) is 1. The van der Waals surface area contributed by atoms with Crippen LogP contribution in [0.15, 0.2) is 35.6 Å². The number of hydrogen-bond donors (Lipinski definition) is 2. The average Bonchev–Trinajstić information content (AvgIpc) is 2.91. The Morgan fingerprint density at radius 1 is 1.29 bits per heavy atom. The Balaban J connectivity index is 2.02. The lowest BCUT2D eigenvalue weighted by atomic mass is 9.46. The van der Waals surface area contributed by atoms with Gasteiger partial charge in [-0.3, -0.25) is 4.79 Å². The van der Waals surface area contributed by atoms with Crippen LogP contribution >= 0.6 is 0 Å². The number of hydrogen-bond acceptors (Lipinski definition) is 4. The molecule has 1 saturated carbocycles. The molecule has 1 fully saturated rings. The molecule has 0 aromatic heterocycles. The summed E-state index contributed by atoms with van der Waals surface area (Å²) in [5.41, 5.74) is -1.62. The quantitative estimate of drug-likeness (QED) is 0.726. The van der Waals surface area contributed by atoms with Crippen LogP contribution in [0, 0.1) is 16.2 Å². The molecule has 4 rings (SSSR count). The zero-order valence-electron chi connectivity index (χ0n) is 14.7. The van der Waals surface area contributed by atoms with Gasteiger partial charge in [0.15, 0.2) is 5.76 Å². The van der Waals surface area contributed by atoms with E-state index in [9.17, 15) is 15.0 Å². The van der Waals surface area contributed by atoms with Gasteiger partial charge in [-0.25, -0.2) is 0 Å². The van der Waals surface area contributed by atoms with Crippen LogP contribution in [0.25, 0.3) is 0 Å². The summed E-state index contributed by atoms with van der Waals surface area (Å²) in [6.45, 7) is 10.4. The van der Waals surface area contributed by atoms with Crippen molar-refractivity contribution in [3.63, 3.8) is 0 Å². The van der Waals surface area contributed by atoms with Gasteiger partial charge in [0.2, 0.25) is 5.78 Å². The topological polar surface area (TPSA) is 66.8 Å². The molecule has 0 radical (unpaired) electrons. The van der Waals surface area contributed by atoms with E-state index < -0.39 is 17.1 Å². The van der Waals surface area contributed by atoms with Crippen molar-refractivity contribution in [3.05, 3.63) is 35.6 Å². The molecule has 0 bridgehead atoms. The monoisotopic (exact) mass is 330 g/mol. The maximum atomic E-state index is 13.1. The van der Waals surface area contributed by atoms with E-state index in [1.54, 1.807) is 0 Å². The molecule has 2 N–H and O–H groups in total. The molecule has 5 atom stereocenters. The molecule has 0 aromatic carbocycles. The minimum absolute atomic E-state index is 0.212. The fourth-order valence-electron chi connectivity index (χ4n) is 5.46. The molecular weight excluding hydrogens is 304 g/mol. The molecule has 4 aliphatic rings. The number of ketones is 1. The minimum atomic E-state index is -1.35. The summed E-state index contributed by atoms with van der Waals surface area (Å²) in [6.07, 6.45) is 5.51. The number of Topliss-reactive ketones (excluding diaryl/α,β-unsaturated/α-hetero) is 1. The molecule has 3 aliphatic carbocycles. The number of fused-ring (bicyclic) bond motifs is 2. The van der Waals surface area contributed by atoms with Crippen molar-refractivity contribution in [2.24, 2.45) is 16.2 Å². The molecule has 1 aliphatic heterocycles. The van der Waals surface area contributed by atoms with Gasteiger partial charge in [0.1, 0.15) is 5.60 Å². The van der Waals surface area contributed by atoms with Gasteiger partial charge in [-0.2, -0.15) is 0 Å². The molecule has 1 heterocycles. The lowest BCUT2D eigenvalue weighted by Crippen LogP contribution is -2.64. The predicted molar refractivity (Wildman–Crippen MR) is 90.0 cm³/mol. The molecule has 4 heteroatoms. The van der Waals surface area contributed by atoms with E-state index in [1.165, 1.54) is 0 Å². The van der Waals surface area contributed by atoms with Crippen LogP contribution < -0.4 is 0 Å². The van der Waals surface area contributed by atoms with Crippen LogP contribution in [0.5, 0.6) is 0 Å². The highest BCUT2D eigenvalue weighted by Crippen LogP contribution is 2.66. The van der Waals surface area contributed by atoms with Crippen molar-refractivity contribution >= 4 is 5.78 Å². The van der Waals surface area contributed by atoms with Gasteiger partial charge < -0.3 is 14.9 Å². The van der Waals surface area contributed by atoms with Gasteiger partial charge in [0, 0.05) is 16.4 Å². The molecule has 4 nitrogen and oxygen atoms in total. The molecule has 0 unspecified atom stereocenters. The molecule has 0 spiro atoms. The van der Waals surface area contributed by atoms with Crippen LogP contribution in [-0.2, 0) is 9.53 Å². The van der Waals surface area contributed by atoms with Crippen molar-refractivity contribution in [2.75, 3.05) is 6.61 Å². The minimum Gasteiger partial charge on any atom is -0.489 e. The first kappa shape index (κ1) is 16.1. The summed E-state index contributed by atoms with van der Waals surface area (Å²) in [6, 6.07) is 0. The smallest absolute Gasteiger partial charge is 0.226 e. The van der Waals surface area contributed by atoms with Gasteiger partial charge >= 0.3 is 0 Å². The summed E-state index contributed by atoms with van der Waals surface area (Å²) in [4.78, 5) is 13.1. The van der Waals surface area contributed by atoms with Gasteiger partial charge in [0.05, 0.1) is 18.1 Å². The fraction of sp³-hybridized carbons (Fsp3) is 0.650. The SMILES string of the molecule is C=C[C@]1(C)C=C2C(=O)C3=C4[C@@](C)(CC[C@@H](O)[C@]4(C)[C@@]2(O)CC1)CO3. The fourth-order valence-corrected chi connectivity index (χ4v) is 5.46. The Labute approximate surface area is 142 Å². The number of carbonyl (C=O) groups excluding carboxylic acids is 1. The Morgan fingerprint density at radius 2 is 2.00 bits per heavy atom. The van der Waals surface area contributed by atoms with Gasteiger partial charge in [-0.1, -0.05) is 32.9 Å². The van der Waals surface area contributed by atoms with Crippen molar-refractivity contribution in [1.29, 1.82) is 0 Å². The summed E-state index contributed by atoms with van der Waals surface area (Å²) in [5.74, 6) is 0.151. The second-order valence-corrected chi connectivity index (χ2v) is 8.77. The molecule has 0 amide bonds. The van der Waals surface area contributed by atoms with E-state index in [0.29, 0.717) is 37.2 Å². The highest BCUT2D eigenvalue weighted by Gasteiger charge is 2.69. The summed E-state index contributed by atoms with van der Waals surface area (Å²) in [7, 11) is 0. The first-order valence-corrected chi connectivity index (χ1v) is 8.81. The maximum absolute atomic E-state index is 13.1. The van der Waals surface area contributed by atoms with Crippen molar-refractivity contribution < 1.29 is 19.7 Å². The van der Waals surface area contributed by atoms with Gasteiger partial charge in [-0.15, -0.1) is 6.58 Å². The zero-order chi connectivity index (χ0) is 17.5. The zero-order valence-corrected chi connectivity index (χ0v) is 14.7. The van der Waals surface area contributed by atoms with Gasteiger partial charge in [-0.05, 0) is 31.3 Å². The number of allylic oxidation sites excluding steroid dienone is 3. The third-order valence-electron chi connectivity index (χ3n) is 7.24. The molecule has 130 valence electrons. The van der Waals surface area contributed by atoms with Crippen molar-refractivity contribution in [3.8, 4) is 0 Å². The summed E-state index contributed by atoms with van der Waals surface area (Å²) in [5, 5.41) is 22.6. The molecule has 24 heavy (non-hydrogen) atoms.